The van der Waals surface area contributed by atoms with Crippen molar-refractivity contribution in [2.24, 2.45) is 10.8 Å². The third-order valence-electron chi connectivity index (χ3n) is 5.89. The lowest BCUT2D eigenvalue weighted by Crippen LogP contribution is -2.43. The van der Waals surface area contributed by atoms with Crippen LogP contribution in [-0.4, -0.2) is 35.0 Å². The van der Waals surface area contributed by atoms with E-state index in [1.807, 2.05) is 4.90 Å². The summed E-state index contributed by atoms with van der Waals surface area (Å²) < 4.78 is 0. The summed E-state index contributed by atoms with van der Waals surface area (Å²) >= 11 is 0. The third-order valence-corrected chi connectivity index (χ3v) is 5.89. The van der Waals surface area contributed by atoms with Gasteiger partial charge in [-0.15, -0.1) is 0 Å². The first-order valence-corrected chi connectivity index (χ1v) is 8.38. The van der Waals surface area contributed by atoms with Gasteiger partial charge in [-0.3, -0.25) is 9.59 Å². The second-order valence-electron chi connectivity index (χ2n) is 7.50. The highest BCUT2D eigenvalue weighted by Gasteiger charge is 2.40. The van der Waals surface area contributed by atoms with Crippen molar-refractivity contribution in [1.82, 2.24) is 4.90 Å². The third kappa shape index (κ3) is 3.98. The van der Waals surface area contributed by atoms with Crippen molar-refractivity contribution in [3.63, 3.8) is 0 Å². The van der Waals surface area contributed by atoms with Gasteiger partial charge in [0.1, 0.15) is 0 Å². The van der Waals surface area contributed by atoms with Gasteiger partial charge in [0.25, 0.3) is 0 Å². The molecule has 4 nitrogen and oxygen atoms in total. The molecule has 21 heavy (non-hydrogen) atoms. The van der Waals surface area contributed by atoms with Crippen molar-refractivity contribution in [2.45, 2.75) is 71.6 Å². The molecule has 2 aliphatic rings. The Morgan fingerprint density at radius 1 is 1.05 bits per heavy atom. The van der Waals surface area contributed by atoms with E-state index in [9.17, 15) is 9.59 Å². The van der Waals surface area contributed by atoms with E-state index in [2.05, 4.69) is 13.8 Å². The SMILES string of the molecule is CCC1(C)CCN(C(=O)CC2(CC(=O)O)CCCC2)CC1. The van der Waals surface area contributed by atoms with E-state index in [0.717, 1.165) is 58.0 Å². The molecule has 4 heteroatoms. The topological polar surface area (TPSA) is 57.6 Å². The lowest BCUT2D eigenvalue weighted by atomic mass is 9.76. The number of carboxylic acids is 1. The summed E-state index contributed by atoms with van der Waals surface area (Å²) in [5, 5.41) is 9.14. The highest BCUT2D eigenvalue weighted by molar-refractivity contribution is 5.78. The summed E-state index contributed by atoms with van der Waals surface area (Å²) in [7, 11) is 0. The molecule has 120 valence electrons. The Hall–Kier alpha value is -1.06. The highest BCUT2D eigenvalue weighted by Crippen LogP contribution is 2.45. The molecule has 0 aromatic heterocycles. The molecule has 0 aromatic rings. The fourth-order valence-corrected chi connectivity index (χ4v) is 3.94. The van der Waals surface area contributed by atoms with Crippen LogP contribution in [0.2, 0.25) is 0 Å². The molecule has 1 N–H and O–H groups in total. The normalized spacial score (nSPS) is 24.0. The van der Waals surface area contributed by atoms with Crippen LogP contribution >= 0.6 is 0 Å². The molecule has 1 aliphatic heterocycles. The maximum Gasteiger partial charge on any atom is 0.303 e. The van der Waals surface area contributed by atoms with E-state index in [-0.39, 0.29) is 17.7 Å². The molecule has 0 spiro atoms. The minimum absolute atomic E-state index is 0.152. The fraction of sp³-hybridized carbons (Fsp3) is 0.882. The largest absolute Gasteiger partial charge is 0.481 e. The van der Waals surface area contributed by atoms with Crippen LogP contribution in [0.15, 0.2) is 0 Å². The molecule has 1 amide bonds. The Labute approximate surface area is 127 Å². The first kappa shape index (κ1) is 16.3. The molecule has 2 fully saturated rings. The standard InChI is InChI=1S/C17H29NO3/c1-3-16(2)8-10-18(11-9-16)14(19)12-17(13-15(20)21)6-4-5-7-17/h3-13H2,1-2H3,(H,20,21). The van der Waals surface area contributed by atoms with Crippen LogP contribution in [0, 0.1) is 10.8 Å². The van der Waals surface area contributed by atoms with Crippen LogP contribution in [0.25, 0.3) is 0 Å². The number of hydrogen-bond acceptors (Lipinski definition) is 2. The number of aliphatic carboxylic acids is 1. The van der Waals surface area contributed by atoms with Gasteiger partial charge in [-0.2, -0.15) is 0 Å². The molecular formula is C17H29NO3. The van der Waals surface area contributed by atoms with Crippen molar-refractivity contribution < 1.29 is 14.7 Å². The zero-order chi connectivity index (χ0) is 15.5. The van der Waals surface area contributed by atoms with Crippen LogP contribution in [0.4, 0.5) is 0 Å². The van der Waals surface area contributed by atoms with Gasteiger partial charge in [-0.05, 0) is 36.5 Å². The average Bonchev–Trinajstić information content (AvgIpc) is 2.86. The van der Waals surface area contributed by atoms with E-state index >= 15 is 0 Å². The van der Waals surface area contributed by atoms with E-state index in [1.165, 1.54) is 0 Å². The van der Waals surface area contributed by atoms with E-state index in [1.54, 1.807) is 0 Å². The second-order valence-corrected chi connectivity index (χ2v) is 7.50. The van der Waals surface area contributed by atoms with E-state index in [4.69, 9.17) is 5.11 Å². The van der Waals surface area contributed by atoms with Gasteiger partial charge >= 0.3 is 5.97 Å². The lowest BCUT2D eigenvalue weighted by molar-refractivity contribution is -0.142. The number of piperidine rings is 1. The van der Waals surface area contributed by atoms with Gasteiger partial charge in [0.2, 0.25) is 5.91 Å². The minimum Gasteiger partial charge on any atom is -0.481 e. The summed E-state index contributed by atoms with van der Waals surface area (Å²) in [4.78, 5) is 25.7. The molecule has 1 saturated heterocycles. The zero-order valence-corrected chi connectivity index (χ0v) is 13.5. The first-order valence-electron chi connectivity index (χ1n) is 8.38. The maximum absolute atomic E-state index is 12.6. The van der Waals surface area contributed by atoms with Crippen molar-refractivity contribution >= 4 is 11.9 Å². The molecule has 0 aromatic carbocycles. The maximum atomic E-state index is 12.6. The van der Waals surface area contributed by atoms with Gasteiger partial charge in [-0.1, -0.05) is 33.1 Å². The van der Waals surface area contributed by atoms with Gasteiger partial charge in [0.05, 0.1) is 6.42 Å². The molecule has 0 bridgehead atoms. The Morgan fingerprint density at radius 3 is 2.10 bits per heavy atom. The Balaban J connectivity index is 1.93. The minimum atomic E-state index is -0.762. The zero-order valence-electron chi connectivity index (χ0n) is 13.5. The molecule has 1 heterocycles. The summed E-state index contributed by atoms with van der Waals surface area (Å²) in [6.07, 6.45) is 7.81. The Kier molecular flexibility index (Phi) is 4.95. The summed E-state index contributed by atoms with van der Waals surface area (Å²) in [5.41, 5.74) is 0.108. The van der Waals surface area contributed by atoms with Gasteiger partial charge in [0, 0.05) is 19.5 Å². The number of likely N-dealkylation sites (tertiary alicyclic amines) is 1. The van der Waals surface area contributed by atoms with E-state index < -0.39 is 5.97 Å². The molecular weight excluding hydrogens is 266 g/mol. The van der Waals surface area contributed by atoms with Crippen LogP contribution in [0.5, 0.6) is 0 Å². The highest BCUT2D eigenvalue weighted by atomic mass is 16.4. The lowest BCUT2D eigenvalue weighted by Gasteiger charge is -2.40. The van der Waals surface area contributed by atoms with Crippen molar-refractivity contribution in [3.8, 4) is 0 Å². The predicted molar refractivity (Wildman–Crippen MR) is 82.0 cm³/mol. The number of rotatable bonds is 5. The van der Waals surface area contributed by atoms with Gasteiger partial charge < -0.3 is 10.0 Å². The number of carboxylic acid groups (broad SMARTS) is 1. The number of amides is 1. The van der Waals surface area contributed by atoms with Crippen molar-refractivity contribution in [3.05, 3.63) is 0 Å². The summed E-state index contributed by atoms with van der Waals surface area (Å²) in [5.74, 6) is -0.585. The average molecular weight is 295 g/mol. The molecule has 2 rings (SSSR count). The second kappa shape index (κ2) is 6.37. The molecule has 0 atom stereocenters. The molecule has 1 aliphatic carbocycles. The number of carbonyl (C=O) groups excluding carboxylic acids is 1. The summed E-state index contributed by atoms with van der Waals surface area (Å²) in [6, 6.07) is 0. The number of hydrogen-bond donors (Lipinski definition) is 1. The van der Waals surface area contributed by atoms with Crippen molar-refractivity contribution in [2.75, 3.05) is 13.1 Å². The van der Waals surface area contributed by atoms with Crippen molar-refractivity contribution in [1.29, 1.82) is 0 Å². The monoisotopic (exact) mass is 295 g/mol. The summed E-state index contributed by atoms with van der Waals surface area (Å²) in [6.45, 7) is 6.20. The van der Waals surface area contributed by atoms with Gasteiger partial charge in [0.15, 0.2) is 0 Å². The number of nitrogens with zero attached hydrogens (tertiary/aromatic N) is 1. The predicted octanol–water partition coefficient (Wildman–Crippen LogP) is 3.45. The fourth-order valence-electron chi connectivity index (χ4n) is 3.94. The van der Waals surface area contributed by atoms with Crippen LogP contribution in [0.1, 0.15) is 71.6 Å². The molecule has 0 unspecified atom stereocenters. The molecule has 1 saturated carbocycles. The first-order chi connectivity index (χ1) is 9.88. The van der Waals surface area contributed by atoms with Crippen LogP contribution in [-0.2, 0) is 9.59 Å². The smallest absolute Gasteiger partial charge is 0.303 e. The van der Waals surface area contributed by atoms with Crippen LogP contribution < -0.4 is 0 Å². The number of carbonyl (C=O) groups is 2. The Morgan fingerprint density at radius 2 is 1.62 bits per heavy atom. The molecule has 0 radical (unpaired) electrons. The van der Waals surface area contributed by atoms with E-state index in [0.29, 0.717) is 11.8 Å². The quantitative estimate of drug-likeness (QED) is 0.845. The van der Waals surface area contributed by atoms with Crippen LogP contribution in [0.3, 0.4) is 0 Å². The van der Waals surface area contributed by atoms with Gasteiger partial charge in [-0.25, -0.2) is 0 Å². The Bertz CT molecular complexity index is 391.